The van der Waals surface area contributed by atoms with E-state index in [2.05, 4.69) is 234 Å². The third-order valence-electron chi connectivity index (χ3n) is 13.2. The van der Waals surface area contributed by atoms with Crippen LogP contribution >= 0.6 is 19.6 Å². The van der Waals surface area contributed by atoms with Crippen molar-refractivity contribution >= 4 is 89.6 Å². The van der Waals surface area contributed by atoms with Crippen LogP contribution in [0.3, 0.4) is 0 Å². The number of fused-ring (bicyclic) bond motifs is 11. The topological polar surface area (TPSA) is 11.4 Å². The van der Waals surface area contributed by atoms with Gasteiger partial charge in [0.05, 0.1) is 22.4 Å². The fourth-order valence-corrected chi connectivity index (χ4v) is 14.1. The number of thiophene rings is 1. The number of anilines is 4. The lowest BCUT2D eigenvalue weighted by Crippen LogP contribution is -2.21. The standard InChI is InChI=1S/C57H40N3PS/c1-57(2)48-24-14-12-22-43(48)44-29-31-51-55(56(44)57)45-23-13-15-25-49(45)58(51)41-28-33-54-47(36-41)46-34-37(27-32-53(46)62-54)38-26-30-50-52(35-38)60(40-18-8-4-9-19-40)61(42-20-10-5-11-21-42)59(50)39-16-6-3-7-17-39/h3-36H,1-2H3. The zero-order chi connectivity index (χ0) is 41.1. The molecule has 3 heterocycles. The van der Waals surface area contributed by atoms with E-state index in [9.17, 15) is 0 Å². The summed E-state index contributed by atoms with van der Waals surface area (Å²) < 4.78 is 10.2. The predicted octanol–water partition coefficient (Wildman–Crippen LogP) is 16.1. The van der Waals surface area contributed by atoms with Crippen molar-refractivity contribution in [1.29, 1.82) is 0 Å². The highest BCUT2D eigenvalue weighted by Crippen LogP contribution is 2.65. The van der Waals surface area contributed by atoms with Crippen LogP contribution in [-0.2, 0) is 5.41 Å². The maximum Gasteiger partial charge on any atom is 0.138 e. The summed E-state index contributed by atoms with van der Waals surface area (Å²) in [7, 11) is -0.973. The molecular formula is C57H40N3PS. The molecule has 0 amide bonds. The van der Waals surface area contributed by atoms with Gasteiger partial charge in [-0.25, -0.2) is 0 Å². The Kier molecular flexibility index (Phi) is 7.79. The van der Waals surface area contributed by atoms with Crippen LogP contribution in [0.1, 0.15) is 25.0 Å². The van der Waals surface area contributed by atoms with Crippen molar-refractivity contribution in [3.05, 3.63) is 217 Å². The summed E-state index contributed by atoms with van der Waals surface area (Å²) in [4.78, 5) is 0. The molecule has 1 atom stereocenters. The van der Waals surface area contributed by atoms with E-state index in [-0.39, 0.29) is 5.41 Å². The Morgan fingerprint density at radius 2 is 1.05 bits per heavy atom. The molecule has 0 saturated carbocycles. The van der Waals surface area contributed by atoms with Gasteiger partial charge >= 0.3 is 0 Å². The van der Waals surface area contributed by atoms with Crippen molar-refractivity contribution in [2.45, 2.75) is 19.3 Å². The van der Waals surface area contributed by atoms with Gasteiger partial charge in [-0.2, -0.15) is 0 Å². The Hall–Kier alpha value is -6.97. The summed E-state index contributed by atoms with van der Waals surface area (Å²) >= 11 is 1.88. The van der Waals surface area contributed by atoms with Crippen molar-refractivity contribution in [3.8, 4) is 27.9 Å². The molecule has 0 bridgehead atoms. The third kappa shape index (κ3) is 5.15. The van der Waals surface area contributed by atoms with Crippen LogP contribution in [0, 0.1) is 0 Å². The molecule has 2 aromatic heterocycles. The zero-order valence-electron chi connectivity index (χ0n) is 34.3. The molecule has 0 saturated heterocycles. The van der Waals surface area contributed by atoms with Crippen LogP contribution in [0.5, 0.6) is 0 Å². The van der Waals surface area contributed by atoms with Gasteiger partial charge in [0.15, 0.2) is 0 Å². The number of para-hydroxylation sites is 3. The average Bonchev–Trinajstić information content (AvgIpc) is 4.04. The summed E-state index contributed by atoms with van der Waals surface area (Å²) in [5, 5.41) is 6.55. The van der Waals surface area contributed by atoms with Crippen molar-refractivity contribution in [3.63, 3.8) is 0 Å². The smallest absolute Gasteiger partial charge is 0.138 e. The second-order valence-electron chi connectivity index (χ2n) is 17.0. The summed E-state index contributed by atoms with van der Waals surface area (Å²) in [5.74, 6) is 0. The molecule has 2 aliphatic rings. The molecule has 0 fully saturated rings. The fraction of sp³-hybridized carbons (Fsp3) is 0.0526. The zero-order valence-corrected chi connectivity index (χ0v) is 36.0. The highest BCUT2D eigenvalue weighted by atomic mass is 32.1. The second kappa shape index (κ2) is 13.5. The maximum atomic E-state index is 2.57. The van der Waals surface area contributed by atoms with Crippen molar-refractivity contribution in [1.82, 2.24) is 4.57 Å². The van der Waals surface area contributed by atoms with Crippen molar-refractivity contribution in [2.75, 3.05) is 9.34 Å². The van der Waals surface area contributed by atoms with Gasteiger partial charge in [0.25, 0.3) is 0 Å². The Morgan fingerprint density at radius 3 is 1.82 bits per heavy atom. The van der Waals surface area contributed by atoms with Gasteiger partial charge in [0, 0.05) is 58.7 Å². The molecule has 1 aliphatic carbocycles. The highest BCUT2D eigenvalue weighted by Gasteiger charge is 2.40. The number of benzene rings is 9. The molecule has 3 nitrogen and oxygen atoms in total. The summed E-state index contributed by atoms with van der Waals surface area (Å²) in [5.41, 5.74) is 16.4. The van der Waals surface area contributed by atoms with E-state index >= 15 is 0 Å². The Labute approximate surface area is 366 Å². The lowest BCUT2D eigenvalue weighted by Gasteiger charge is -2.32. The van der Waals surface area contributed by atoms with Crippen molar-refractivity contribution in [2.24, 2.45) is 0 Å². The van der Waals surface area contributed by atoms with E-state index in [0.29, 0.717) is 0 Å². The molecule has 11 aromatic rings. The molecular weight excluding hydrogens is 790 g/mol. The second-order valence-corrected chi connectivity index (χ2v) is 20.0. The van der Waals surface area contributed by atoms with E-state index in [1.807, 2.05) is 11.3 Å². The molecule has 0 radical (unpaired) electrons. The van der Waals surface area contributed by atoms with Gasteiger partial charge in [0.2, 0.25) is 0 Å². The average molecular weight is 830 g/mol. The molecule has 0 N–H and O–H groups in total. The minimum atomic E-state index is -0.973. The van der Waals surface area contributed by atoms with Gasteiger partial charge in [0.1, 0.15) is 8.22 Å². The quantitative estimate of drug-likeness (QED) is 0.160. The number of aromatic nitrogens is 1. The fourth-order valence-electron chi connectivity index (χ4n) is 10.5. The van der Waals surface area contributed by atoms with Crippen LogP contribution < -0.4 is 14.6 Å². The molecule has 294 valence electrons. The molecule has 1 unspecified atom stereocenters. The van der Waals surface area contributed by atoms with E-state index in [1.54, 1.807) is 0 Å². The molecule has 0 spiro atoms. The van der Waals surface area contributed by atoms with E-state index in [4.69, 9.17) is 0 Å². The minimum absolute atomic E-state index is 0.108. The maximum absolute atomic E-state index is 2.57. The van der Waals surface area contributed by atoms with Crippen molar-refractivity contribution < 1.29 is 0 Å². The van der Waals surface area contributed by atoms with Gasteiger partial charge < -0.3 is 4.57 Å². The first-order valence-electron chi connectivity index (χ1n) is 21.4. The molecule has 62 heavy (non-hydrogen) atoms. The number of nitrogens with zero attached hydrogens (tertiary/aromatic N) is 3. The van der Waals surface area contributed by atoms with Gasteiger partial charge in [-0.15, -0.1) is 11.3 Å². The first-order chi connectivity index (χ1) is 30.5. The largest absolute Gasteiger partial charge is 0.309 e. The number of hydrogen-bond acceptors (Lipinski definition) is 3. The highest BCUT2D eigenvalue weighted by molar-refractivity contribution is 7.70. The van der Waals surface area contributed by atoms with Crippen LogP contribution in [0.25, 0.3) is 69.9 Å². The molecule has 9 aromatic carbocycles. The van der Waals surface area contributed by atoms with E-state index < -0.39 is 8.22 Å². The summed E-state index contributed by atoms with van der Waals surface area (Å²) in [6, 6.07) is 76.6. The Bertz CT molecular complexity index is 3570. The SMILES string of the molecule is CC1(C)c2ccccc2-c2ccc3c(c21)c1ccccc1n3-c1ccc2sc3ccc(-c4ccc5c(c4)N(c4ccccc4)P(c4ccccc4)N5c4ccccc4)cc3c2c1. The Morgan fingerprint density at radius 1 is 0.435 bits per heavy atom. The molecule has 13 rings (SSSR count). The molecule has 5 heteroatoms. The van der Waals surface area contributed by atoms with Crippen LogP contribution in [0.4, 0.5) is 22.7 Å². The van der Waals surface area contributed by atoms with E-state index in [1.165, 1.54) is 109 Å². The predicted molar refractivity (Wildman–Crippen MR) is 267 cm³/mol. The van der Waals surface area contributed by atoms with Gasteiger partial charge in [-0.05, 0) is 112 Å². The monoisotopic (exact) mass is 829 g/mol. The van der Waals surface area contributed by atoms with Gasteiger partial charge in [-0.1, -0.05) is 141 Å². The lowest BCUT2D eigenvalue weighted by atomic mass is 9.80. The number of hydrogen-bond donors (Lipinski definition) is 0. The third-order valence-corrected chi connectivity index (χ3v) is 16.8. The first-order valence-corrected chi connectivity index (χ1v) is 23.4. The summed E-state index contributed by atoms with van der Waals surface area (Å²) in [6.07, 6.45) is 0. The van der Waals surface area contributed by atoms with Crippen LogP contribution in [-0.4, -0.2) is 4.57 Å². The van der Waals surface area contributed by atoms with Crippen LogP contribution in [0.15, 0.2) is 206 Å². The minimum Gasteiger partial charge on any atom is -0.309 e. The van der Waals surface area contributed by atoms with E-state index in [0.717, 1.165) is 0 Å². The van der Waals surface area contributed by atoms with Crippen LogP contribution in [0.2, 0.25) is 0 Å². The number of rotatable bonds is 5. The first kappa shape index (κ1) is 35.8. The Balaban J connectivity index is 0.972. The van der Waals surface area contributed by atoms with Gasteiger partial charge in [-0.3, -0.25) is 9.34 Å². The lowest BCUT2D eigenvalue weighted by molar-refractivity contribution is 0.666. The molecule has 1 aliphatic heterocycles. The summed E-state index contributed by atoms with van der Waals surface area (Å²) in [6.45, 7) is 4.79. The normalized spacial score (nSPS) is 15.2.